The Morgan fingerprint density at radius 2 is 1.79 bits per heavy atom. The highest BCUT2D eigenvalue weighted by Gasteiger charge is 2.30. The molecule has 0 aliphatic heterocycles. The second-order valence-electron chi connectivity index (χ2n) is 6.76. The highest BCUT2D eigenvalue weighted by molar-refractivity contribution is 5.78. The first-order valence-electron chi connectivity index (χ1n) is 9.15. The summed E-state index contributed by atoms with van der Waals surface area (Å²) in [5.41, 5.74) is 0.797. The number of rotatable bonds is 7. The minimum Gasteiger partial charge on any atom is -0.353 e. The van der Waals surface area contributed by atoms with E-state index in [9.17, 15) is 18.0 Å². The lowest BCUT2D eigenvalue weighted by molar-refractivity contribution is -0.137. The van der Waals surface area contributed by atoms with Crippen LogP contribution in [-0.2, 0) is 23.8 Å². The van der Waals surface area contributed by atoms with Gasteiger partial charge in [0.15, 0.2) is 5.82 Å². The van der Waals surface area contributed by atoms with E-state index in [0.29, 0.717) is 5.56 Å². The van der Waals surface area contributed by atoms with Crippen molar-refractivity contribution in [1.29, 1.82) is 0 Å². The second-order valence-corrected chi connectivity index (χ2v) is 6.76. The molecule has 1 amide bonds. The fourth-order valence-electron chi connectivity index (χ4n) is 2.81. The average Bonchev–Trinajstić information content (AvgIpc) is 3.15. The summed E-state index contributed by atoms with van der Waals surface area (Å²) in [6.07, 6.45) is -2.84. The van der Waals surface area contributed by atoms with Gasteiger partial charge in [-0.2, -0.15) is 18.2 Å². The maximum Gasteiger partial charge on any atom is 0.416 e. The number of nitrogens with one attached hydrogen (secondary N) is 1. The summed E-state index contributed by atoms with van der Waals surface area (Å²) < 4.78 is 43.0. The molecule has 0 saturated heterocycles. The molecule has 1 aromatic heterocycles. The van der Waals surface area contributed by atoms with Crippen LogP contribution in [0.1, 0.15) is 30.3 Å². The summed E-state index contributed by atoms with van der Waals surface area (Å²) in [5.74, 6) is -0.00311. The molecule has 3 aromatic rings. The van der Waals surface area contributed by atoms with Crippen LogP contribution in [0.5, 0.6) is 0 Å². The molecule has 29 heavy (non-hydrogen) atoms. The van der Waals surface area contributed by atoms with E-state index in [1.54, 1.807) is 0 Å². The minimum atomic E-state index is -4.41. The number of nitrogens with zero attached hydrogens (tertiary/aromatic N) is 2. The summed E-state index contributed by atoms with van der Waals surface area (Å²) in [4.78, 5) is 16.3. The SMILES string of the molecule is CC(CCc1ccccc1)NC(=O)Cc1noc(-c2ccc(C(F)(F)F)cc2)n1. The molecule has 1 atom stereocenters. The van der Waals surface area contributed by atoms with Gasteiger partial charge in [-0.05, 0) is 49.6 Å². The van der Waals surface area contributed by atoms with Crippen LogP contribution in [0.15, 0.2) is 59.1 Å². The van der Waals surface area contributed by atoms with E-state index < -0.39 is 11.7 Å². The van der Waals surface area contributed by atoms with E-state index in [0.717, 1.165) is 25.0 Å². The number of aromatic nitrogens is 2. The molecule has 1 N–H and O–H groups in total. The standard InChI is InChI=1S/C21H20F3N3O2/c1-14(7-8-15-5-3-2-4-6-15)25-19(28)13-18-26-20(29-27-18)16-9-11-17(12-10-16)21(22,23)24/h2-6,9-12,14H,7-8,13H2,1H3,(H,25,28). The fraction of sp³-hybridized carbons (Fsp3) is 0.286. The predicted octanol–water partition coefficient (Wildman–Crippen LogP) is 4.44. The molecule has 0 saturated carbocycles. The molecular formula is C21H20F3N3O2. The maximum atomic E-state index is 12.6. The van der Waals surface area contributed by atoms with E-state index in [1.807, 2.05) is 37.3 Å². The molecule has 0 aliphatic rings. The van der Waals surface area contributed by atoms with Crippen LogP contribution in [0.3, 0.4) is 0 Å². The van der Waals surface area contributed by atoms with Gasteiger partial charge in [0, 0.05) is 11.6 Å². The Labute approximate surface area is 165 Å². The zero-order valence-electron chi connectivity index (χ0n) is 15.7. The number of hydrogen-bond donors (Lipinski definition) is 1. The minimum absolute atomic E-state index is 0.0241. The van der Waals surface area contributed by atoms with Crippen LogP contribution >= 0.6 is 0 Å². The van der Waals surface area contributed by atoms with Gasteiger partial charge in [-0.15, -0.1) is 0 Å². The topological polar surface area (TPSA) is 68.0 Å². The molecule has 8 heteroatoms. The Morgan fingerprint density at radius 3 is 2.45 bits per heavy atom. The molecule has 5 nitrogen and oxygen atoms in total. The zero-order chi connectivity index (χ0) is 20.9. The van der Waals surface area contributed by atoms with Crippen LogP contribution in [0.2, 0.25) is 0 Å². The lowest BCUT2D eigenvalue weighted by Crippen LogP contribution is -2.34. The quantitative estimate of drug-likeness (QED) is 0.634. The van der Waals surface area contributed by atoms with Gasteiger partial charge >= 0.3 is 6.18 Å². The van der Waals surface area contributed by atoms with Crippen LogP contribution in [0.4, 0.5) is 13.2 Å². The van der Waals surface area contributed by atoms with Crippen molar-refractivity contribution in [2.75, 3.05) is 0 Å². The Hall–Kier alpha value is -3.16. The molecule has 0 radical (unpaired) electrons. The summed E-state index contributed by atoms with van der Waals surface area (Å²) in [6, 6.07) is 14.4. The van der Waals surface area contributed by atoms with Crippen LogP contribution < -0.4 is 5.32 Å². The van der Waals surface area contributed by atoms with Crippen LogP contribution in [-0.4, -0.2) is 22.1 Å². The van der Waals surface area contributed by atoms with E-state index in [-0.39, 0.29) is 30.1 Å². The monoisotopic (exact) mass is 403 g/mol. The Morgan fingerprint density at radius 1 is 1.10 bits per heavy atom. The Kier molecular flexibility index (Phi) is 6.31. The Bertz CT molecular complexity index is 938. The number of halogens is 3. The van der Waals surface area contributed by atoms with Crippen molar-refractivity contribution in [1.82, 2.24) is 15.5 Å². The molecule has 1 heterocycles. The highest BCUT2D eigenvalue weighted by atomic mass is 19.4. The van der Waals surface area contributed by atoms with Gasteiger partial charge in [-0.25, -0.2) is 0 Å². The van der Waals surface area contributed by atoms with E-state index in [1.165, 1.54) is 17.7 Å². The molecule has 0 fully saturated rings. The molecule has 0 aliphatic carbocycles. The van der Waals surface area contributed by atoms with Gasteiger partial charge in [-0.1, -0.05) is 35.5 Å². The summed E-state index contributed by atoms with van der Waals surface area (Å²) in [5, 5.41) is 6.62. The number of carbonyl (C=O) groups excluding carboxylic acids is 1. The smallest absolute Gasteiger partial charge is 0.353 e. The van der Waals surface area contributed by atoms with E-state index in [2.05, 4.69) is 15.5 Å². The summed E-state index contributed by atoms with van der Waals surface area (Å²) in [6.45, 7) is 1.92. The van der Waals surface area contributed by atoms with Crippen molar-refractivity contribution in [2.45, 2.75) is 38.4 Å². The van der Waals surface area contributed by atoms with Crippen molar-refractivity contribution >= 4 is 5.91 Å². The van der Waals surface area contributed by atoms with Crippen LogP contribution in [0, 0.1) is 0 Å². The maximum absolute atomic E-state index is 12.6. The van der Waals surface area contributed by atoms with Crippen molar-refractivity contribution in [3.05, 3.63) is 71.5 Å². The zero-order valence-corrected chi connectivity index (χ0v) is 15.7. The van der Waals surface area contributed by atoms with Gasteiger partial charge in [0.2, 0.25) is 5.91 Å². The van der Waals surface area contributed by atoms with E-state index >= 15 is 0 Å². The number of benzene rings is 2. The first kappa shape index (κ1) is 20.6. The molecule has 2 aromatic carbocycles. The summed E-state index contributed by atoms with van der Waals surface area (Å²) in [7, 11) is 0. The third kappa shape index (κ3) is 5.91. The van der Waals surface area contributed by atoms with Crippen molar-refractivity contribution in [3.63, 3.8) is 0 Å². The predicted molar refractivity (Wildman–Crippen MR) is 101 cm³/mol. The van der Waals surface area contributed by atoms with E-state index in [4.69, 9.17) is 4.52 Å². The number of hydrogen-bond acceptors (Lipinski definition) is 4. The molecule has 3 rings (SSSR count). The first-order valence-corrected chi connectivity index (χ1v) is 9.15. The third-order valence-corrected chi connectivity index (χ3v) is 4.36. The number of aryl methyl sites for hydroxylation is 1. The molecular weight excluding hydrogens is 383 g/mol. The number of amides is 1. The Balaban J connectivity index is 1.52. The van der Waals surface area contributed by atoms with Gasteiger partial charge < -0.3 is 9.84 Å². The lowest BCUT2D eigenvalue weighted by atomic mass is 10.1. The normalized spacial score (nSPS) is 12.6. The van der Waals surface area contributed by atoms with Crippen molar-refractivity contribution in [2.24, 2.45) is 0 Å². The molecule has 1 unspecified atom stereocenters. The fourth-order valence-corrected chi connectivity index (χ4v) is 2.81. The lowest BCUT2D eigenvalue weighted by Gasteiger charge is -2.13. The van der Waals surface area contributed by atoms with Gasteiger partial charge in [-0.3, -0.25) is 4.79 Å². The summed E-state index contributed by atoms with van der Waals surface area (Å²) >= 11 is 0. The number of carbonyl (C=O) groups is 1. The molecule has 0 spiro atoms. The highest BCUT2D eigenvalue weighted by Crippen LogP contribution is 2.30. The van der Waals surface area contributed by atoms with Crippen LogP contribution in [0.25, 0.3) is 11.5 Å². The number of alkyl halides is 3. The third-order valence-electron chi connectivity index (χ3n) is 4.36. The van der Waals surface area contributed by atoms with Crippen molar-refractivity contribution in [3.8, 4) is 11.5 Å². The first-order chi connectivity index (χ1) is 13.8. The van der Waals surface area contributed by atoms with Gasteiger partial charge in [0.05, 0.1) is 12.0 Å². The molecule has 0 bridgehead atoms. The van der Waals surface area contributed by atoms with Gasteiger partial charge in [0.1, 0.15) is 0 Å². The molecule has 152 valence electrons. The van der Waals surface area contributed by atoms with Gasteiger partial charge in [0.25, 0.3) is 5.89 Å². The average molecular weight is 403 g/mol. The largest absolute Gasteiger partial charge is 0.416 e. The van der Waals surface area contributed by atoms with Crippen molar-refractivity contribution < 1.29 is 22.5 Å². The second kappa shape index (κ2) is 8.89.